The van der Waals surface area contributed by atoms with Crippen LogP contribution in [0.5, 0.6) is 0 Å². The molecular weight excluding hydrogens is 232 g/mol. The van der Waals surface area contributed by atoms with Gasteiger partial charge in [-0.15, -0.1) is 0 Å². The second kappa shape index (κ2) is 4.47. The number of fused-ring (bicyclic) bond motifs is 2. The number of ether oxygens (including phenoxy) is 1. The number of aliphatic hydroxyl groups excluding tert-OH is 1. The molecular formula is C13H22N2O3. The zero-order valence-electron chi connectivity index (χ0n) is 10.7. The zero-order valence-corrected chi connectivity index (χ0v) is 10.7. The van der Waals surface area contributed by atoms with Gasteiger partial charge in [-0.1, -0.05) is 0 Å². The van der Waals surface area contributed by atoms with Gasteiger partial charge in [0.2, 0.25) is 5.91 Å². The van der Waals surface area contributed by atoms with Crippen LogP contribution in [0.4, 0.5) is 0 Å². The average molecular weight is 254 g/mol. The van der Waals surface area contributed by atoms with Gasteiger partial charge in [0.1, 0.15) is 0 Å². The van der Waals surface area contributed by atoms with E-state index in [2.05, 4.69) is 0 Å². The fraction of sp³-hybridized carbons (Fsp3) is 0.923. The maximum atomic E-state index is 12.7. The van der Waals surface area contributed by atoms with Crippen LogP contribution in [0.2, 0.25) is 0 Å². The van der Waals surface area contributed by atoms with Crippen LogP contribution in [0.1, 0.15) is 38.5 Å². The maximum absolute atomic E-state index is 12.7. The van der Waals surface area contributed by atoms with Gasteiger partial charge in [0.05, 0.1) is 11.6 Å². The lowest BCUT2D eigenvalue weighted by molar-refractivity contribution is -0.146. The Morgan fingerprint density at radius 1 is 1.22 bits per heavy atom. The van der Waals surface area contributed by atoms with Crippen LogP contribution in [-0.2, 0) is 9.53 Å². The Morgan fingerprint density at radius 2 is 1.78 bits per heavy atom. The van der Waals surface area contributed by atoms with E-state index in [4.69, 9.17) is 10.5 Å². The lowest BCUT2D eigenvalue weighted by Crippen LogP contribution is -2.62. The van der Waals surface area contributed by atoms with E-state index in [0.29, 0.717) is 26.1 Å². The van der Waals surface area contributed by atoms with Crippen molar-refractivity contribution in [2.75, 3.05) is 13.2 Å². The zero-order chi connectivity index (χ0) is 12.8. The van der Waals surface area contributed by atoms with Crippen LogP contribution >= 0.6 is 0 Å². The Kier molecular flexibility index (Phi) is 3.08. The van der Waals surface area contributed by atoms with Crippen molar-refractivity contribution in [2.24, 2.45) is 5.73 Å². The van der Waals surface area contributed by atoms with Crippen LogP contribution in [0.3, 0.4) is 0 Å². The number of hydrogen-bond donors (Lipinski definition) is 2. The van der Waals surface area contributed by atoms with Crippen molar-refractivity contribution in [3.63, 3.8) is 0 Å². The Hall–Kier alpha value is -0.650. The van der Waals surface area contributed by atoms with Crippen LogP contribution < -0.4 is 5.73 Å². The number of nitrogens with zero attached hydrogens (tertiary/aromatic N) is 1. The van der Waals surface area contributed by atoms with E-state index in [-0.39, 0.29) is 24.1 Å². The quantitative estimate of drug-likeness (QED) is 0.691. The molecule has 0 spiro atoms. The maximum Gasteiger partial charge on any atom is 0.243 e. The van der Waals surface area contributed by atoms with Crippen molar-refractivity contribution >= 4 is 5.91 Å². The first-order chi connectivity index (χ1) is 8.60. The molecule has 2 bridgehead atoms. The molecule has 0 aromatic carbocycles. The van der Waals surface area contributed by atoms with Gasteiger partial charge in [-0.25, -0.2) is 0 Å². The fourth-order valence-electron chi connectivity index (χ4n) is 3.69. The summed E-state index contributed by atoms with van der Waals surface area (Å²) in [5.41, 5.74) is 5.55. The van der Waals surface area contributed by atoms with Gasteiger partial charge < -0.3 is 20.5 Å². The molecule has 5 nitrogen and oxygen atoms in total. The molecule has 3 aliphatic rings. The molecule has 2 unspecified atom stereocenters. The van der Waals surface area contributed by atoms with Crippen LogP contribution in [0.25, 0.3) is 0 Å². The molecule has 1 amide bonds. The first-order valence-corrected chi connectivity index (χ1v) is 6.97. The Labute approximate surface area is 107 Å². The summed E-state index contributed by atoms with van der Waals surface area (Å²) in [4.78, 5) is 14.7. The van der Waals surface area contributed by atoms with Crippen LogP contribution in [0, 0.1) is 0 Å². The number of carbonyl (C=O) groups is 1. The monoisotopic (exact) mass is 254 g/mol. The predicted octanol–water partition coefficient (Wildman–Crippen LogP) is 0.00860. The summed E-state index contributed by atoms with van der Waals surface area (Å²) < 4.78 is 5.30. The summed E-state index contributed by atoms with van der Waals surface area (Å²) in [6.07, 6.45) is 4.45. The third-order valence-electron chi connectivity index (χ3n) is 4.75. The minimum absolute atomic E-state index is 0.0881. The summed E-state index contributed by atoms with van der Waals surface area (Å²) in [7, 11) is 0. The van der Waals surface area contributed by atoms with E-state index >= 15 is 0 Å². The lowest BCUT2D eigenvalue weighted by atomic mass is 9.87. The highest BCUT2D eigenvalue weighted by atomic mass is 16.5. The second-order valence-electron chi connectivity index (χ2n) is 5.99. The van der Waals surface area contributed by atoms with E-state index in [1.54, 1.807) is 0 Å². The van der Waals surface area contributed by atoms with Gasteiger partial charge in [-0.05, 0) is 38.5 Å². The third-order valence-corrected chi connectivity index (χ3v) is 4.75. The van der Waals surface area contributed by atoms with Gasteiger partial charge >= 0.3 is 0 Å². The number of nitrogens with two attached hydrogens (primary N) is 1. The van der Waals surface area contributed by atoms with Gasteiger partial charge in [0.15, 0.2) is 0 Å². The van der Waals surface area contributed by atoms with Crippen molar-refractivity contribution in [1.29, 1.82) is 0 Å². The van der Waals surface area contributed by atoms with Gasteiger partial charge in [0, 0.05) is 25.3 Å². The van der Waals surface area contributed by atoms with Crippen molar-refractivity contribution in [2.45, 2.75) is 62.3 Å². The van der Waals surface area contributed by atoms with E-state index in [1.807, 2.05) is 4.90 Å². The minimum Gasteiger partial charge on any atom is -0.393 e. The van der Waals surface area contributed by atoms with Gasteiger partial charge in [-0.3, -0.25) is 4.79 Å². The van der Waals surface area contributed by atoms with Crippen molar-refractivity contribution < 1.29 is 14.6 Å². The summed E-state index contributed by atoms with van der Waals surface area (Å²) in [6, 6.07) is 0.407. The normalized spacial score (nSPS) is 38.8. The molecule has 0 aromatic heterocycles. The van der Waals surface area contributed by atoms with E-state index in [0.717, 1.165) is 25.7 Å². The first-order valence-electron chi connectivity index (χ1n) is 6.97. The minimum atomic E-state index is -0.735. The van der Waals surface area contributed by atoms with Crippen molar-refractivity contribution in [1.82, 2.24) is 4.90 Å². The molecule has 0 aliphatic carbocycles. The number of aliphatic hydroxyl groups is 1. The summed E-state index contributed by atoms with van der Waals surface area (Å²) >= 11 is 0. The molecule has 5 heteroatoms. The summed E-state index contributed by atoms with van der Waals surface area (Å²) in [5, 5.41) is 9.77. The molecule has 3 heterocycles. The molecule has 0 saturated carbocycles. The topological polar surface area (TPSA) is 75.8 Å². The Bertz CT molecular complexity index is 327. The van der Waals surface area contributed by atoms with Gasteiger partial charge in [-0.2, -0.15) is 0 Å². The van der Waals surface area contributed by atoms with E-state index < -0.39 is 5.54 Å². The smallest absolute Gasteiger partial charge is 0.243 e. The largest absolute Gasteiger partial charge is 0.393 e. The molecule has 3 aliphatic heterocycles. The predicted molar refractivity (Wildman–Crippen MR) is 65.9 cm³/mol. The molecule has 18 heavy (non-hydrogen) atoms. The van der Waals surface area contributed by atoms with Gasteiger partial charge in [0.25, 0.3) is 0 Å². The molecule has 3 N–H and O–H groups in total. The highest BCUT2D eigenvalue weighted by Crippen LogP contribution is 2.38. The molecule has 102 valence electrons. The first kappa shape index (κ1) is 12.4. The van der Waals surface area contributed by atoms with E-state index in [9.17, 15) is 9.90 Å². The number of rotatable bonds is 1. The highest BCUT2D eigenvalue weighted by Gasteiger charge is 2.48. The number of piperidine rings is 1. The van der Waals surface area contributed by atoms with Crippen molar-refractivity contribution in [3.8, 4) is 0 Å². The van der Waals surface area contributed by atoms with Crippen LogP contribution in [-0.4, -0.2) is 52.9 Å². The molecule has 0 radical (unpaired) electrons. The summed E-state index contributed by atoms with van der Waals surface area (Å²) in [5.74, 6) is 0.0881. The molecule has 3 rings (SSSR count). The SMILES string of the molecule is NC1(C(=O)N2C3CCC2CC(O)C3)CCOCC1. The number of amides is 1. The Balaban J connectivity index is 1.76. The number of hydrogen-bond acceptors (Lipinski definition) is 4. The second-order valence-corrected chi connectivity index (χ2v) is 5.99. The molecule has 3 saturated heterocycles. The molecule has 2 atom stereocenters. The van der Waals surface area contributed by atoms with Crippen LogP contribution in [0.15, 0.2) is 0 Å². The number of carbonyl (C=O) groups excluding carboxylic acids is 1. The highest BCUT2D eigenvalue weighted by molar-refractivity contribution is 5.87. The van der Waals surface area contributed by atoms with E-state index in [1.165, 1.54) is 0 Å². The third kappa shape index (κ3) is 1.94. The Morgan fingerprint density at radius 3 is 2.33 bits per heavy atom. The standard InChI is InChI=1S/C13H22N2O3/c14-13(3-5-18-6-4-13)12(17)15-9-1-2-10(15)8-11(16)7-9/h9-11,16H,1-8,14H2. The average Bonchev–Trinajstić information content (AvgIpc) is 2.61. The lowest BCUT2D eigenvalue weighted by Gasteiger charge is -2.43. The molecule has 0 aromatic rings. The summed E-state index contributed by atoms with van der Waals surface area (Å²) in [6.45, 7) is 1.15. The molecule has 3 fully saturated rings. The van der Waals surface area contributed by atoms with Crippen molar-refractivity contribution in [3.05, 3.63) is 0 Å². The fourth-order valence-corrected chi connectivity index (χ4v) is 3.69.